The largest absolute Gasteiger partial charge is 0.492 e. The Kier molecular flexibility index (Phi) is 3.24. The zero-order valence-electron chi connectivity index (χ0n) is 9.80. The molecule has 0 N–H and O–H groups in total. The van der Waals surface area contributed by atoms with Crippen molar-refractivity contribution in [1.29, 1.82) is 0 Å². The normalized spacial score (nSPS) is 17.5. The zero-order valence-corrected chi connectivity index (χ0v) is 10.6. The van der Waals surface area contributed by atoms with Gasteiger partial charge in [-0.05, 0) is 42.3 Å². The van der Waals surface area contributed by atoms with Crippen LogP contribution < -0.4 is 4.74 Å². The summed E-state index contributed by atoms with van der Waals surface area (Å²) in [7, 11) is 0. The van der Waals surface area contributed by atoms with Gasteiger partial charge in [-0.1, -0.05) is 18.2 Å². The molecule has 0 aliphatic carbocycles. The molecule has 0 radical (unpaired) electrons. The van der Waals surface area contributed by atoms with Crippen LogP contribution in [0.4, 0.5) is 4.39 Å². The van der Waals surface area contributed by atoms with Gasteiger partial charge < -0.3 is 4.74 Å². The topological polar surface area (TPSA) is 9.23 Å². The predicted octanol–water partition coefficient (Wildman–Crippen LogP) is 3.92. The van der Waals surface area contributed by atoms with E-state index >= 15 is 0 Å². The summed E-state index contributed by atoms with van der Waals surface area (Å²) in [5, 5.41) is 0.451. The molecule has 18 heavy (non-hydrogen) atoms. The summed E-state index contributed by atoms with van der Waals surface area (Å²) in [6.45, 7) is 0.658. The summed E-state index contributed by atoms with van der Waals surface area (Å²) in [5.74, 6) is 0.498. The van der Waals surface area contributed by atoms with Crippen LogP contribution in [0.3, 0.4) is 0 Å². The third kappa shape index (κ3) is 2.51. The highest BCUT2D eigenvalue weighted by atomic mass is 32.2. The second kappa shape index (κ2) is 5.02. The number of ether oxygens (including phenoxy) is 1. The summed E-state index contributed by atoms with van der Waals surface area (Å²) < 4.78 is 18.4. The first-order valence-electron chi connectivity index (χ1n) is 5.94. The maximum atomic E-state index is 12.7. The van der Waals surface area contributed by atoms with Gasteiger partial charge in [-0.25, -0.2) is 4.39 Å². The molecule has 1 unspecified atom stereocenters. The van der Waals surface area contributed by atoms with Crippen LogP contribution in [0.25, 0.3) is 0 Å². The van der Waals surface area contributed by atoms with Crippen LogP contribution in [0.15, 0.2) is 53.4 Å². The maximum Gasteiger partial charge on any atom is 0.123 e. The molecule has 0 bridgehead atoms. The quantitative estimate of drug-likeness (QED) is 0.827. The lowest BCUT2D eigenvalue weighted by Crippen LogP contribution is -2.13. The van der Waals surface area contributed by atoms with Gasteiger partial charge in [-0.2, -0.15) is 0 Å². The molecule has 3 heteroatoms. The molecule has 1 nitrogen and oxygen atoms in total. The van der Waals surface area contributed by atoms with Gasteiger partial charge in [0.05, 0.1) is 0 Å². The van der Waals surface area contributed by atoms with E-state index in [1.54, 1.807) is 12.1 Å². The third-order valence-electron chi connectivity index (χ3n) is 2.96. The first kappa shape index (κ1) is 11.6. The number of hydrogen-bond donors (Lipinski definition) is 0. The summed E-state index contributed by atoms with van der Waals surface area (Å²) in [6, 6.07) is 14.6. The second-order valence-electron chi connectivity index (χ2n) is 4.32. The lowest BCUT2D eigenvalue weighted by Gasteiger charge is -2.10. The van der Waals surface area contributed by atoms with Crippen LogP contribution >= 0.6 is 11.8 Å². The number of benzene rings is 2. The van der Waals surface area contributed by atoms with Gasteiger partial charge in [0.1, 0.15) is 18.2 Å². The van der Waals surface area contributed by atoms with Crippen LogP contribution in [-0.4, -0.2) is 11.9 Å². The number of rotatable bonds is 3. The van der Waals surface area contributed by atoms with Crippen molar-refractivity contribution in [1.82, 2.24) is 0 Å². The first-order chi connectivity index (χ1) is 8.81. The van der Waals surface area contributed by atoms with Gasteiger partial charge >= 0.3 is 0 Å². The van der Waals surface area contributed by atoms with E-state index in [0.29, 0.717) is 11.9 Å². The Morgan fingerprint density at radius 3 is 2.67 bits per heavy atom. The number of halogens is 1. The molecule has 0 saturated carbocycles. The fourth-order valence-electron chi connectivity index (χ4n) is 2.07. The Labute approximate surface area is 110 Å². The number of hydrogen-bond acceptors (Lipinski definition) is 2. The minimum Gasteiger partial charge on any atom is -0.492 e. The van der Waals surface area contributed by atoms with Crippen molar-refractivity contribution in [3.8, 4) is 5.75 Å². The highest BCUT2D eigenvalue weighted by Crippen LogP contribution is 2.36. The Bertz CT molecular complexity index is 513. The molecular weight excluding hydrogens is 247 g/mol. The Morgan fingerprint density at radius 1 is 1.11 bits per heavy atom. The lowest BCUT2D eigenvalue weighted by molar-refractivity contribution is 0.317. The van der Waals surface area contributed by atoms with Crippen molar-refractivity contribution < 1.29 is 9.13 Å². The molecule has 2 aromatic rings. The van der Waals surface area contributed by atoms with E-state index in [4.69, 9.17) is 4.74 Å². The maximum absolute atomic E-state index is 12.7. The van der Waals surface area contributed by atoms with Gasteiger partial charge in [-0.15, -0.1) is 11.8 Å². The summed E-state index contributed by atoms with van der Waals surface area (Å²) in [4.78, 5) is 1.35. The molecule has 1 aliphatic rings. The Balaban J connectivity index is 1.58. The van der Waals surface area contributed by atoms with E-state index in [1.165, 1.54) is 22.6 Å². The van der Waals surface area contributed by atoms with E-state index in [9.17, 15) is 4.39 Å². The molecule has 1 atom stereocenters. The summed E-state index contributed by atoms with van der Waals surface area (Å²) in [5.41, 5.74) is 1.40. The zero-order chi connectivity index (χ0) is 12.4. The summed E-state index contributed by atoms with van der Waals surface area (Å²) >= 11 is 1.86. The van der Waals surface area contributed by atoms with Crippen molar-refractivity contribution in [2.45, 2.75) is 16.6 Å². The average molecular weight is 260 g/mol. The molecule has 0 saturated heterocycles. The number of thioether (sulfide) groups is 1. The standard InChI is InChI=1S/C15H13FOS/c16-12-5-7-13(8-6-12)17-10-14-9-11-3-1-2-4-15(11)18-14/h1-8,14H,9-10H2. The van der Waals surface area contributed by atoms with Crippen LogP contribution in [0.1, 0.15) is 5.56 Å². The van der Waals surface area contributed by atoms with Crippen LogP contribution in [0.5, 0.6) is 5.75 Å². The van der Waals surface area contributed by atoms with Gasteiger partial charge in [0.2, 0.25) is 0 Å². The Hall–Kier alpha value is -1.48. The minimum absolute atomic E-state index is 0.231. The van der Waals surface area contributed by atoms with Gasteiger partial charge in [0, 0.05) is 10.1 Å². The fraction of sp³-hybridized carbons (Fsp3) is 0.200. The summed E-state index contributed by atoms with van der Waals surface area (Å²) in [6.07, 6.45) is 1.04. The third-order valence-corrected chi connectivity index (χ3v) is 4.25. The highest BCUT2D eigenvalue weighted by molar-refractivity contribution is 8.00. The Morgan fingerprint density at radius 2 is 1.89 bits per heavy atom. The van der Waals surface area contributed by atoms with Crippen molar-refractivity contribution in [2.75, 3.05) is 6.61 Å². The van der Waals surface area contributed by atoms with Crippen molar-refractivity contribution in [3.05, 3.63) is 59.9 Å². The average Bonchev–Trinajstić information content (AvgIpc) is 2.81. The van der Waals surface area contributed by atoms with Crippen molar-refractivity contribution in [2.24, 2.45) is 0 Å². The van der Waals surface area contributed by atoms with E-state index in [2.05, 4.69) is 24.3 Å². The molecular formula is C15H13FOS. The van der Waals surface area contributed by atoms with Gasteiger partial charge in [-0.3, -0.25) is 0 Å². The molecule has 3 rings (SSSR count). The van der Waals surface area contributed by atoms with E-state index in [0.717, 1.165) is 12.2 Å². The van der Waals surface area contributed by atoms with Gasteiger partial charge in [0.15, 0.2) is 0 Å². The fourth-order valence-corrected chi connectivity index (χ4v) is 3.28. The molecule has 1 aliphatic heterocycles. The molecule has 0 amide bonds. The van der Waals surface area contributed by atoms with Gasteiger partial charge in [0.25, 0.3) is 0 Å². The first-order valence-corrected chi connectivity index (χ1v) is 6.82. The minimum atomic E-state index is -0.231. The monoisotopic (exact) mass is 260 g/mol. The number of fused-ring (bicyclic) bond motifs is 1. The molecule has 2 aromatic carbocycles. The molecule has 92 valence electrons. The molecule has 0 aromatic heterocycles. The van der Waals surface area contributed by atoms with Crippen molar-refractivity contribution >= 4 is 11.8 Å². The molecule has 1 heterocycles. The highest BCUT2D eigenvalue weighted by Gasteiger charge is 2.22. The smallest absolute Gasteiger partial charge is 0.123 e. The SMILES string of the molecule is Fc1ccc(OCC2Cc3ccccc3S2)cc1. The lowest BCUT2D eigenvalue weighted by atomic mass is 10.1. The second-order valence-corrected chi connectivity index (χ2v) is 5.66. The predicted molar refractivity (Wildman–Crippen MR) is 71.7 cm³/mol. The van der Waals surface area contributed by atoms with E-state index in [1.807, 2.05) is 11.8 Å². The van der Waals surface area contributed by atoms with Crippen LogP contribution in [0.2, 0.25) is 0 Å². The van der Waals surface area contributed by atoms with Crippen molar-refractivity contribution in [3.63, 3.8) is 0 Å². The van der Waals surface area contributed by atoms with Crippen LogP contribution in [-0.2, 0) is 6.42 Å². The van der Waals surface area contributed by atoms with Crippen LogP contribution in [0, 0.1) is 5.82 Å². The van der Waals surface area contributed by atoms with E-state index < -0.39 is 0 Å². The van der Waals surface area contributed by atoms with E-state index in [-0.39, 0.29) is 5.82 Å². The molecule has 0 fully saturated rings. The molecule has 0 spiro atoms.